The molecule has 4 aromatic rings. The predicted molar refractivity (Wildman–Crippen MR) is 119 cm³/mol. The molecule has 0 fully saturated rings. The number of fused-ring (bicyclic) bond motifs is 1. The highest BCUT2D eigenvalue weighted by atomic mass is 19.1. The van der Waals surface area contributed by atoms with Crippen molar-refractivity contribution in [1.82, 2.24) is 14.8 Å². The molecular formula is C25H21FN4O2. The van der Waals surface area contributed by atoms with Gasteiger partial charge in [0, 0.05) is 37.1 Å². The highest BCUT2D eigenvalue weighted by molar-refractivity contribution is 6.08. The van der Waals surface area contributed by atoms with Crippen molar-refractivity contribution < 1.29 is 13.9 Å². The van der Waals surface area contributed by atoms with Gasteiger partial charge in [0.25, 0.3) is 5.91 Å². The summed E-state index contributed by atoms with van der Waals surface area (Å²) < 4.78 is 21.7. The lowest BCUT2D eigenvalue weighted by Gasteiger charge is -2.29. The molecule has 0 saturated carbocycles. The van der Waals surface area contributed by atoms with E-state index in [1.165, 1.54) is 23.2 Å². The van der Waals surface area contributed by atoms with Gasteiger partial charge < -0.3 is 4.74 Å². The van der Waals surface area contributed by atoms with E-state index >= 15 is 0 Å². The number of ether oxygens (including phenoxy) is 1. The minimum Gasteiger partial charge on any atom is -0.496 e. The van der Waals surface area contributed by atoms with Crippen molar-refractivity contribution in [3.63, 3.8) is 0 Å². The monoisotopic (exact) mass is 428 g/mol. The van der Waals surface area contributed by atoms with Gasteiger partial charge in [-0.15, -0.1) is 0 Å². The summed E-state index contributed by atoms with van der Waals surface area (Å²) in [5, 5.41) is 4.25. The van der Waals surface area contributed by atoms with Crippen molar-refractivity contribution in [2.75, 3.05) is 18.6 Å². The molecule has 2 aromatic heterocycles. The zero-order valence-electron chi connectivity index (χ0n) is 17.5. The van der Waals surface area contributed by atoms with Crippen LogP contribution in [0.2, 0.25) is 0 Å². The molecule has 0 spiro atoms. The molecule has 1 amide bonds. The van der Waals surface area contributed by atoms with E-state index in [4.69, 9.17) is 4.74 Å². The lowest BCUT2D eigenvalue weighted by atomic mass is 9.93. The fourth-order valence-electron chi connectivity index (χ4n) is 4.07. The number of hydrogen-bond donors (Lipinski definition) is 0. The number of pyridine rings is 1. The van der Waals surface area contributed by atoms with E-state index in [2.05, 4.69) is 10.1 Å². The molecule has 0 aliphatic carbocycles. The van der Waals surface area contributed by atoms with E-state index < -0.39 is 5.82 Å². The quantitative estimate of drug-likeness (QED) is 0.478. The van der Waals surface area contributed by atoms with E-state index in [1.807, 2.05) is 48.7 Å². The van der Waals surface area contributed by atoms with Gasteiger partial charge in [0.2, 0.25) is 0 Å². The smallest absolute Gasteiger partial charge is 0.259 e. The van der Waals surface area contributed by atoms with Crippen molar-refractivity contribution >= 4 is 11.7 Å². The molecule has 1 aliphatic heterocycles. The molecule has 160 valence electrons. The lowest BCUT2D eigenvalue weighted by molar-refractivity contribution is 0.0978. The second-order valence-corrected chi connectivity index (χ2v) is 7.63. The van der Waals surface area contributed by atoms with Gasteiger partial charge in [0.15, 0.2) is 11.6 Å². The molecule has 1 aliphatic rings. The normalized spacial score (nSPS) is 13.2. The van der Waals surface area contributed by atoms with Crippen LogP contribution in [0.4, 0.5) is 10.2 Å². The van der Waals surface area contributed by atoms with Gasteiger partial charge >= 0.3 is 0 Å². The molecular weight excluding hydrogens is 407 g/mol. The summed E-state index contributed by atoms with van der Waals surface area (Å²) in [5.41, 5.74) is 4.41. The molecule has 5 rings (SSSR count). The Morgan fingerprint density at radius 3 is 2.66 bits per heavy atom. The molecule has 0 unspecified atom stereocenters. The first-order valence-electron chi connectivity index (χ1n) is 10.3. The maximum atomic E-state index is 14.3. The number of carbonyl (C=O) groups is 1. The highest BCUT2D eigenvalue weighted by Crippen LogP contribution is 2.31. The Balaban J connectivity index is 1.46. The highest BCUT2D eigenvalue weighted by Gasteiger charge is 2.29. The van der Waals surface area contributed by atoms with Gasteiger partial charge in [-0.3, -0.25) is 9.69 Å². The second kappa shape index (κ2) is 8.26. The number of methoxy groups -OCH3 is 1. The molecule has 7 heteroatoms. The summed E-state index contributed by atoms with van der Waals surface area (Å²) in [6.45, 7) is 0.372. The first-order valence-corrected chi connectivity index (χ1v) is 10.3. The van der Waals surface area contributed by atoms with E-state index in [9.17, 15) is 9.18 Å². The third-order valence-electron chi connectivity index (χ3n) is 5.68. The average Bonchev–Trinajstić information content (AvgIpc) is 3.35. The van der Waals surface area contributed by atoms with Crippen LogP contribution in [-0.4, -0.2) is 34.3 Å². The first-order chi connectivity index (χ1) is 15.6. The van der Waals surface area contributed by atoms with Crippen LogP contribution in [0, 0.1) is 5.82 Å². The average molecular weight is 428 g/mol. The second-order valence-electron chi connectivity index (χ2n) is 7.63. The molecule has 32 heavy (non-hydrogen) atoms. The summed E-state index contributed by atoms with van der Waals surface area (Å²) in [7, 11) is 1.63. The number of anilines is 1. The van der Waals surface area contributed by atoms with Crippen molar-refractivity contribution in [3.8, 4) is 11.4 Å². The Kier molecular flexibility index (Phi) is 5.15. The van der Waals surface area contributed by atoms with Gasteiger partial charge in [0.1, 0.15) is 5.75 Å². The zero-order valence-corrected chi connectivity index (χ0v) is 17.5. The zero-order chi connectivity index (χ0) is 22.1. The number of hydrogen-bond acceptors (Lipinski definition) is 4. The topological polar surface area (TPSA) is 60.3 Å². The number of aromatic nitrogens is 3. The third-order valence-corrected chi connectivity index (χ3v) is 5.68. The number of amides is 1. The summed E-state index contributed by atoms with van der Waals surface area (Å²) in [4.78, 5) is 18.7. The Morgan fingerprint density at radius 2 is 1.94 bits per heavy atom. The number of benzene rings is 2. The van der Waals surface area contributed by atoms with Gasteiger partial charge in [-0.05, 0) is 65.6 Å². The molecule has 3 heterocycles. The minimum atomic E-state index is -0.504. The number of halogens is 1. The van der Waals surface area contributed by atoms with E-state index in [0.717, 1.165) is 28.1 Å². The third kappa shape index (κ3) is 3.62. The largest absolute Gasteiger partial charge is 0.496 e. The Bertz CT molecular complexity index is 1270. The van der Waals surface area contributed by atoms with E-state index in [1.54, 1.807) is 18.0 Å². The Labute approximate surface area is 184 Å². The molecule has 0 bridgehead atoms. The van der Waals surface area contributed by atoms with Crippen LogP contribution in [0.3, 0.4) is 0 Å². The van der Waals surface area contributed by atoms with E-state index in [0.29, 0.717) is 24.9 Å². The van der Waals surface area contributed by atoms with Crippen LogP contribution in [0.15, 0.2) is 73.2 Å². The van der Waals surface area contributed by atoms with Crippen molar-refractivity contribution in [2.45, 2.75) is 12.8 Å². The Hall–Kier alpha value is -4.00. The first kappa shape index (κ1) is 19.9. The van der Waals surface area contributed by atoms with Crippen LogP contribution in [0.5, 0.6) is 5.75 Å². The molecule has 0 atom stereocenters. The summed E-state index contributed by atoms with van der Waals surface area (Å²) in [6, 6.07) is 16.6. The van der Waals surface area contributed by atoms with Gasteiger partial charge in [0.05, 0.1) is 12.8 Å². The molecule has 0 N–H and O–H groups in total. The standard InChI is InChI=1S/C25H21FN4O2/c1-32-23-16-18-9-13-29(24-22(26)4-2-10-27-24)25(31)21(18)15-19(23)14-17-5-7-20(8-6-17)30-12-3-11-28-30/h2-8,10-12,15-16H,9,13-14H2,1H3. The van der Waals surface area contributed by atoms with Crippen LogP contribution < -0.4 is 9.64 Å². The van der Waals surface area contributed by atoms with Crippen molar-refractivity contribution in [2.24, 2.45) is 0 Å². The molecule has 0 radical (unpaired) electrons. The number of carbonyl (C=O) groups excluding carboxylic acids is 1. The van der Waals surface area contributed by atoms with Crippen LogP contribution in [-0.2, 0) is 12.8 Å². The maximum Gasteiger partial charge on any atom is 0.259 e. The van der Waals surface area contributed by atoms with Crippen molar-refractivity contribution in [1.29, 1.82) is 0 Å². The van der Waals surface area contributed by atoms with Gasteiger partial charge in [-0.25, -0.2) is 14.1 Å². The molecule has 0 saturated heterocycles. The minimum absolute atomic E-state index is 0.0646. The summed E-state index contributed by atoms with van der Waals surface area (Å²) in [5.74, 6) is 0.0528. The Morgan fingerprint density at radius 1 is 1.09 bits per heavy atom. The van der Waals surface area contributed by atoms with Crippen LogP contribution >= 0.6 is 0 Å². The maximum absolute atomic E-state index is 14.3. The lowest BCUT2D eigenvalue weighted by Crippen LogP contribution is -2.38. The van der Waals surface area contributed by atoms with Crippen LogP contribution in [0.25, 0.3) is 5.69 Å². The predicted octanol–water partition coefficient (Wildman–Crippen LogP) is 4.21. The van der Waals surface area contributed by atoms with Crippen LogP contribution in [0.1, 0.15) is 27.0 Å². The fraction of sp³-hybridized carbons (Fsp3) is 0.160. The van der Waals surface area contributed by atoms with E-state index in [-0.39, 0.29) is 11.7 Å². The van der Waals surface area contributed by atoms with Gasteiger partial charge in [-0.2, -0.15) is 5.10 Å². The molecule has 2 aromatic carbocycles. The summed E-state index contributed by atoms with van der Waals surface area (Å²) >= 11 is 0. The molecule has 6 nitrogen and oxygen atoms in total. The SMILES string of the molecule is COc1cc2c(cc1Cc1ccc(-n3cccn3)cc1)C(=O)N(c1ncccc1F)CC2. The summed E-state index contributed by atoms with van der Waals surface area (Å²) in [6.07, 6.45) is 6.33. The fourth-order valence-corrected chi connectivity index (χ4v) is 4.07. The van der Waals surface area contributed by atoms with Gasteiger partial charge in [-0.1, -0.05) is 12.1 Å². The van der Waals surface area contributed by atoms with Crippen molar-refractivity contribution in [3.05, 3.63) is 101 Å². The number of nitrogens with zero attached hydrogens (tertiary/aromatic N) is 4. The number of rotatable bonds is 5.